The van der Waals surface area contributed by atoms with Gasteiger partial charge in [-0.25, -0.2) is 4.79 Å². The minimum atomic E-state index is -4.23. The van der Waals surface area contributed by atoms with Gasteiger partial charge < -0.3 is 19.9 Å². The number of amides is 2. The van der Waals surface area contributed by atoms with Crippen molar-refractivity contribution in [3.05, 3.63) is 28.8 Å². The van der Waals surface area contributed by atoms with Gasteiger partial charge in [0.15, 0.2) is 0 Å². The maximum absolute atomic E-state index is 12.6. The van der Waals surface area contributed by atoms with Gasteiger partial charge in [-0.1, -0.05) is 11.6 Å². The molecule has 0 aliphatic carbocycles. The molecule has 1 N–H and O–H groups in total. The summed E-state index contributed by atoms with van der Waals surface area (Å²) in [6.45, 7) is 8.71. The van der Waals surface area contributed by atoms with Crippen molar-refractivity contribution in [3.8, 4) is 0 Å². The summed E-state index contributed by atoms with van der Waals surface area (Å²) in [7, 11) is 1.47. The number of likely N-dealkylation sites (tertiary alicyclic amines) is 2. The third-order valence-electron chi connectivity index (χ3n) is 6.41. The van der Waals surface area contributed by atoms with Gasteiger partial charge in [0.25, 0.3) is 5.91 Å². The Labute approximate surface area is 215 Å². The minimum Gasteiger partial charge on any atom is -0.444 e. The summed E-state index contributed by atoms with van der Waals surface area (Å²) in [4.78, 5) is 30.3. The second-order valence-corrected chi connectivity index (χ2v) is 11.0. The lowest BCUT2D eigenvalue weighted by atomic mass is 9.97. The van der Waals surface area contributed by atoms with Crippen molar-refractivity contribution in [3.63, 3.8) is 0 Å². The molecular weight excluding hydrogens is 497 g/mol. The molecule has 0 bridgehead atoms. The molecular formula is C25H36ClF3N4O3. The van der Waals surface area contributed by atoms with Gasteiger partial charge in [-0.05, 0) is 58.2 Å². The predicted molar refractivity (Wildman–Crippen MR) is 134 cm³/mol. The van der Waals surface area contributed by atoms with Crippen LogP contribution in [-0.2, 0) is 4.74 Å². The molecule has 2 aliphatic rings. The number of ether oxygens (including phenoxy) is 1. The summed E-state index contributed by atoms with van der Waals surface area (Å²) < 4.78 is 42.5. The Hall–Kier alpha value is -2.20. The predicted octanol–water partition coefficient (Wildman–Crippen LogP) is 5.25. The van der Waals surface area contributed by atoms with E-state index in [1.165, 1.54) is 11.9 Å². The normalized spacial score (nSPS) is 18.1. The minimum absolute atomic E-state index is 0.00326. The first-order valence-corrected chi connectivity index (χ1v) is 12.7. The number of carbonyl (C=O) groups is 2. The van der Waals surface area contributed by atoms with Crippen LogP contribution >= 0.6 is 11.6 Å². The second kappa shape index (κ2) is 11.5. The highest BCUT2D eigenvalue weighted by atomic mass is 35.5. The number of hydrogen-bond donors (Lipinski definition) is 1. The first kappa shape index (κ1) is 28.4. The third-order valence-corrected chi connectivity index (χ3v) is 6.73. The molecule has 2 heterocycles. The third kappa shape index (κ3) is 8.16. The summed E-state index contributed by atoms with van der Waals surface area (Å²) in [6.07, 6.45) is -3.75. The zero-order valence-electron chi connectivity index (χ0n) is 21.3. The molecule has 2 fully saturated rings. The SMILES string of the molecule is CN(CCCC(F)(F)F)C(=O)c1ccc(NC2CN(C3CCN(C(=O)OC(C)(C)C)CC3)C2)cc1Cl. The number of carbonyl (C=O) groups excluding carboxylic acids is 2. The maximum Gasteiger partial charge on any atom is 0.410 e. The van der Waals surface area contributed by atoms with Crippen LogP contribution in [0, 0.1) is 0 Å². The number of rotatable bonds is 7. The Morgan fingerprint density at radius 3 is 2.36 bits per heavy atom. The molecule has 11 heteroatoms. The highest BCUT2D eigenvalue weighted by molar-refractivity contribution is 6.34. The van der Waals surface area contributed by atoms with E-state index < -0.39 is 24.1 Å². The van der Waals surface area contributed by atoms with Gasteiger partial charge in [-0.15, -0.1) is 0 Å². The largest absolute Gasteiger partial charge is 0.444 e. The van der Waals surface area contributed by atoms with E-state index in [-0.39, 0.29) is 35.7 Å². The van der Waals surface area contributed by atoms with E-state index in [0.29, 0.717) is 19.1 Å². The van der Waals surface area contributed by atoms with Crippen molar-refractivity contribution in [1.82, 2.24) is 14.7 Å². The molecule has 1 aromatic carbocycles. The molecule has 0 spiro atoms. The fourth-order valence-electron chi connectivity index (χ4n) is 4.48. The lowest BCUT2D eigenvalue weighted by molar-refractivity contribution is -0.135. The quantitative estimate of drug-likeness (QED) is 0.519. The number of benzene rings is 1. The Bertz CT molecular complexity index is 924. The van der Waals surface area contributed by atoms with Crippen molar-refractivity contribution in [2.24, 2.45) is 0 Å². The van der Waals surface area contributed by atoms with E-state index >= 15 is 0 Å². The smallest absolute Gasteiger partial charge is 0.410 e. The second-order valence-electron chi connectivity index (χ2n) is 10.6. The number of hydrogen-bond acceptors (Lipinski definition) is 5. The average molecular weight is 533 g/mol. The van der Waals surface area contributed by atoms with Crippen molar-refractivity contribution >= 4 is 29.3 Å². The Balaban J connectivity index is 1.42. The van der Waals surface area contributed by atoms with Gasteiger partial charge in [-0.2, -0.15) is 13.2 Å². The molecule has 2 saturated heterocycles. The van der Waals surface area contributed by atoms with Crippen LogP contribution < -0.4 is 5.32 Å². The van der Waals surface area contributed by atoms with Crippen LogP contribution in [0.2, 0.25) is 5.02 Å². The summed E-state index contributed by atoms with van der Waals surface area (Å²) in [5.74, 6) is -0.402. The Morgan fingerprint density at radius 2 is 1.81 bits per heavy atom. The highest BCUT2D eigenvalue weighted by Crippen LogP contribution is 2.28. The summed E-state index contributed by atoms with van der Waals surface area (Å²) >= 11 is 6.33. The van der Waals surface area contributed by atoms with Crippen molar-refractivity contribution in [2.75, 3.05) is 45.1 Å². The molecule has 36 heavy (non-hydrogen) atoms. The monoisotopic (exact) mass is 532 g/mol. The van der Waals surface area contributed by atoms with Crippen LogP contribution in [0.3, 0.4) is 0 Å². The van der Waals surface area contributed by atoms with Gasteiger partial charge in [0.05, 0.1) is 16.6 Å². The molecule has 0 atom stereocenters. The zero-order valence-corrected chi connectivity index (χ0v) is 22.1. The zero-order chi connectivity index (χ0) is 26.7. The summed E-state index contributed by atoms with van der Waals surface area (Å²) in [5.41, 5.74) is 0.565. The molecule has 7 nitrogen and oxygen atoms in total. The first-order valence-electron chi connectivity index (χ1n) is 12.3. The molecule has 2 amide bonds. The van der Waals surface area contributed by atoms with Crippen molar-refractivity contribution in [2.45, 2.75) is 70.3 Å². The van der Waals surface area contributed by atoms with E-state index in [0.717, 1.165) is 31.6 Å². The fourth-order valence-corrected chi connectivity index (χ4v) is 4.74. The molecule has 0 unspecified atom stereocenters. The fraction of sp³-hybridized carbons (Fsp3) is 0.680. The van der Waals surface area contributed by atoms with Gasteiger partial charge >= 0.3 is 12.3 Å². The number of piperidine rings is 1. The van der Waals surface area contributed by atoms with E-state index in [1.54, 1.807) is 23.1 Å². The summed E-state index contributed by atoms with van der Waals surface area (Å²) in [6, 6.07) is 5.73. The van der Waals surface area contributed by atoms with Crippen molar-refractivity contribution < 1.29 is 27.5 Å². The van der Waals surface area contributed by atoms with Crippen LogP contribution in [0.15, 0.2) is 18.2 Å². The van der Waals surface area contributed by atoms with Crippen LogP contribution in [0.1, 0.15) is 56.8 Å². The number of anilines is 1. The van der Waals surface area contributed by atoms with Gasteiger partial charge in [-0.3, -0.25) is 9.69 Å². The van der Waals surface area contributed by atoms with E-state index in [2.05, 4.69) is 10.2 Å². The molecule has 3 rings (SSSR count). The van der Waals surface area contributed by atoms with Crippen LogP contribution in [0.4, 0.5) is 23.7 Å². The van der Waals surface area contributed by atoms with Gasteiger partial charge in [0, 0.05) is 57.9 Å². The average Bonchev–Trinajstić information content (AvgIpc) is 2.73. The Morgan fingerprint density at radius 1 is 1.17 bits per heavy atom. The number of nitrogens with zero attached hydrogens (tertiary/aromatic N) is 3. The first-order chi connectivity index (χ1) is 16.7. The Kier molecular flexibility index (Phi) is 9.03. The van der Waals surface area contributed by atoms with Crippen LogP contribution in [0.25, 0.3) is 0 Å². The van der Waals surface area contributed by atoms with E-state index in [4.69, 9.17) is 16.3 Å². The molecule has 1 aromatic rings. The lowest BCUT2D eigenvalue weighted by Gasteiger charge is -2.47. The van der Waals surface area contributed by atoms with Crippen LogP contribution in [-0.4, -0.2) is 90.3 Å². The maximum atomic E-state index is 12.6. The van der Waals surface area contributed by atoms with Gasteiger partial charge in [0.2, 0.25) is 0 Å². The molecule has 2 aliphatic heterocycles. The summed E-state index contributed by atoms with van der Waals surface area (Å²) in [5, 5.41) is 3.69. The van der Waals surface area contributed by atoms with E-state index in [1.807, 2.05) is 20.8 Å². The molecule has 202 valence electrons. The van der Waals surface area contributed by atoms with Crippen LogP contribution in [0.5, 0.6) is 0 Å². The lowest BCUT2D eigenvalue weighted by Crippen LogP contribution is -2.60. The molecule has 0 saturated carbocycles. The number of nitrogens with one attached hydrogen (secondary N) is 1. The van der Waals surface area contributed by atoms with Gasteiger partial charge in [0.1, 0.15) is 5.60 Å². The highest BCUT2D eigenvalue weighted by Gasteiger charge is 2.36. The standard InChI is InChI=1S/C25H36ClF3N4O3/c1-24(2,3)36-23(35)32-12-8-19(9-13-32)33-15-18(16-33)30-17-6-7-20(21(26)14-17)22(34)31(4)11-5-10-25(27,28)29/h6-7,14,18-19,30H,5,8-13,15-16H2,1-4H3. The molecule has 0 aromatic heterocycles. The van der Waals surface area contributed by atoms with E-state index in [9.17, 15) is 22.8 Å². The topological polar surface area (TPSA) is 65.1 Å². The number of halogens is 4. The molecule has 0 radical (unpaired) electrons. The van der Waals surface area contributed by atoms with Crippen molar-refractivity contribution in [1.29, 1.82) is 0 Å². The number of alkyl halides is 3.